The molecule has 0 aromatic rings. The van der Waals surface area contributed by atoms with E-state index in [0.29, 0.717) is 5.78 Å². The summed E-state index contributed by atoms with van der Waals surface area (Å²) in [6.45, 7) is 10.5. The van der Waals surface area contributed by atoms with E-state index in [2.05, 4.69) is 27.4 Å². The lowest BCUT2D eigenvalue weighted by Gasteiger charge is -2.33. The van der Waals surface area contributed by atoms with Gasteiger partial charge in [-0.15, -0.1) is 0 Å². The summed E-state index contributed by atoms with van der Waals surface area (Å²) < 4.78 is 0. The van der Waals surface area contributed by atoms with Gasteiger partial charge in [-0.05, 0) is 23.8 Å². The van der Waals surface area contributed by atoms with Gasteiger partial charge in [0.25, 0.3) is 0 Å². The molecule has 0 unspecified atom stereocenters. The fourth-order valence-corrected chi connectivity index (χ4v) is 2.98. The maximum Gasteiger partial charge on any atom is 0.162 e. The fourth-order valence-electron chi connectivity index (χ4n) is 2.98. The molecule has 0 spiro atoms. The molecule has 2 fully saturated rings. The van der Waals surface area contributed by atoms with E-state index in [9.17, 15) is 4.79 Å². The summed E-state index contributed by atoms with van der Waals surface area (Å²) in [6, 6.07) is 0. The van der Waals surface area contributed by atoms with Crippen LogP contribution in [-0.4, -0.2) is 5.78 Å². The Kier molecular flexibility index (Phi) is 1.23. The van der Waals surface area contributed by atoms with E-state index in [1.165, 1.54) is 0 Å². The molecule has 12 heavy (non-hydrogen) atoms. The molecule has 1 heteroatoms. The summed E-state index contributed by atoms with van der Waals surface area (Å²) >= 11 is 0. The van der Waals surface area contributed by atoms with Crippen LogP contribution in [0.2, 0.25) is 0 Å². The Labute approximate surface area is 73.8 Å². The maximum atomic E-state index is 11.7. The van der Waals surface area contributed by atoms with Gasteiger partial charge >= 0.3 is 0 Å². The first-order valence-electron chi connectivity index (χ1n) is 4.65. The van der Waals surface area contributed by atoms with Crippen LogP contribution in [0.1, 0.15) is 33.6 Å². The molecule has 1 nitrogen and oxygen atoms in total. The molecule has 2 saturated carbocycles. The first-order valence-corrected chi connectivity index (χ1v) is 4.65. The Hall–Kier alpha value is -0.590. The number of allylic oxidation sites excluding steroid dienone is 1. The summed E-state index contributed by atoms with van der Waals surface area (Å²) in [5, 5.41) is 0. The Balaban J connectivity index is 2.58. The van der Waals surface area contributed by atoms with Crippen molar-refractivity contribution >= 4 is 5.78 Å². The van der Waals surface area contributed by atoms with E-state index in [0.717, 1.165) is 18.4 Å². The number of carbonyl (C=O) groups is 1. The minimum atomic E-state index is 0.0920. The maximum absolute atomic E-state index is 11.7. The molecule has 2 atom stereocenters. The summed E-state index contributed by atoms with van der Waals surface area (Å²) in [5.74, 6) is 0.587. The van der Waals surface area contributed by atoms with E-state index < -0.39 is 0 Å². The summed E-state index contributed by atoms with van der Waals surface area (Å²) in [5.41, 5.74) is 1.12. The number of hydrogen-bond acceptors (Lipinski definition) is 1. The topological polar surface area (TPSA) is 17.1 Å². The van der Waals surface area contributed by atoms with Gasteiger partial charge in [-0.2, -0.15) is 0 Å². The number of rotatable bonds is 0. The molecular formula is C11H16O. The van der Waals surface area contributed by atoms with Crippen molar-refractivity contribution in [3.8, 4) is 0 Å². The van der Waals surface area contributed by atoms with Gasteiger partial charge in [0.05, 0.1) is 0 Å². The molecule has 2 bridgehead atoms. The third-order valence-corrected chi connectivity index (χ3v) is 4.51. The van der Waals surface area contributed by atoms with Gasteiger partial charge < -0.3 is 0 Å². The van der Waals surface area contributed by atoms with Crippen LogP contribution >= 0.6 is 0 Å². The molecule has 0 aliphatic heterocycles. The lowest BCUT2D eigenvalue weighted by Crippen LogP contribution is -2.27. The highest BCUT2D eigenvalue weighted by Gasteiger charge is 2.62. The van der Waals surface area contributed by atoms with Gasteiger partial charge in [0.2, 0.25) is 0 Å². The molecule has 0 heterocycles. The van der Waals surface area contributed by atoms with Crippen LogP contribution in [0.15, 0.2) is 12.2 Å². The highest BCUT2D eigenvalue weighted by atomic mass is 16.1. The quantitative estimate of drug-likeness (QED) is 0.503. The molecule has 0 saturated heterocycles. The van der Waals surface area contributed by atoms with Crippen LogP contribution in [0.5, 0.6) is 0 Å². The number of ketones is 1. The smallest absolute Gasteiger partial charge is 0.162 e. The molecule has 0 aromatic carbocycles. The van der Waals surface area contributed by atoms with E-state index in [4.69, 9.17) is 0 Å². The molecule has 2 aliphatic carbocycles. The summed E-state index contributed by atoms with van der Waals surface area (Å²) in [7, 11) is 0. The molecule has 2 rings (SSSR count). The summed E-state index contributed by atoms with van der Waals surface area (Å²) in [6.07, 6.45) is 2.22. The van der Waals surface area contributed by atoms with Crippen LogP contribution in [0, 0.1) is 16.7 Å². The van der Waals surface area contributed by atoms with Crippen molar-refractivity contribution in [3.63, 3.8) is 0 Å². The van der Waals surface area contributed by atoms with Gasteiger partial charge in [-0.1, -0.05) is 27.4 Å². The second-order valence-corrected chi connectivity index (χ2v) is 4.99. The molecule has 0 N–H and O–H groups in total. The Morgan fingerprint density at radius 2 is 2.00 bits per heavy atom. The number of fused-ring (bicyclic) bond motifs is 2. The van der Waals surface area contributed by atoms with Crippen LogP contribution in [0.25, 0.3) is 0 Å². The van der Waals surface area contributed by atoms with Crippen LogP contribution in [-0.2, 0) is 4.79 Å². The zero-order valence-electron chi connectivity index (χ0n) is 8.11. The largest absolute Gasteiger partial charge is 0.294 e. The second-order valence-electron chi connectivity index (χ2n) is 4.99. The first-order chi connectivity index (χ1) is 5.41. The third-order valence-electron chi connectivity index (χ3n) is 4.51. The Morgan fingerprint density at radius 3 is 2.25 bits per heavy atom. The minimum Gasteiger partial charge on any atom is -0.294 e. The van der Waals surface area contributed by atoms with Crippen molar-refractivity contribution in [2.24, 2.45) is 16.7 Å². The minimum absolute atomic E-state index is 0.0920. The average molecular weight is 164 g/mol. The fraction of sp³-hybridized carbons (Fsp3) is 0.727. The number of hydrogen-bond donors (Lipinski definition) is 0. The molecule has 0 aromatic heterocycles. The SMILES string of the molecule is C=C1C(=O)[C@@H]2CC[C@]1(C)C2(C)C. The predicted molar refractivity (Wildman–Crippen MR) is 48.8 cm³/mol. The van der Waals surface area contributed by atoms with Gasteiger partial charge in [-0.3, -0.25) is 4.79 Å². The normalized spacial score (nSPS) is 44.1. The molecule has 0 radical (unpaired) electrons. The van der Waals surface area contributed by atoms with Crippen molar-refractivity contribution in [3.05, 3.63) is 12.2 Å². The highest BCUT2D eigenvalue weighted by molar-refractivity contribution is 6.02. The molecule has 66 valence electrons. The Morgan fingerprint density at radius 1 is 1.42 bits per heavy atom. The van der Waals surface area contributed by atoms with Crippen LogP contribution in [0.4, 0.5) is 0 Å². The van der Waals surface area contributed by atoms with Gasteiger partial charge in [-0.25, -0.2) is 0 Å². The highest BCUT2D eigenvalue weighted by Crippen LogP contribution is 2.65. The van der Waals surface area contributed by atoms with Gasteiger partial charge in [0.1, 0.15) is 0 Å². The third kappa shape index (κ3) is 0.562. The van der Waals surface area contributed by atoms with E-state index >= 15 is 0 Å². The van der Waals surface area contributed by atoms with Gasteiger partial charge in [0, 0.05) is 11.3 Å². The van der Waals surface area contributed by atoms with Crippen molar-refractivity contribution in [1.82, 2.24) is 0 Å². The van der Waals surface area contributed by atoms with Crippen LogP contribution < -0.4 is 0 Å². The van der Waals surface area contributed by atoms with Crippen molar-refractivity contribution in [2.75, 3.05) is 0 Å². The summed E-state index contributed by atoms with van der Waals surface area (Å²) in [4.78, 5) is 11.7. The number of Topliss-reactive ketones (excluding diaryl/α,β-unsaturated/α-hetero) is 1. The standard InChI is InChI=1S/C11H16O/c1-7-9(12)8-5-6-11(7,4)10(8,2)3/h8H,1,5-6H2,2-4H3/t8-,11-/m0/s1. The van der Waals surface area contributed by atoms with Crippen molar-refractivity contribution in [2.45, 2.75) is 33.6 Å². The second kappa shape index (κ2) is 1.84. The lowest BCUT2D eigenvalue weighted by atomic mass is 9.69. The van der Waals surface area contributed by atoms with Crippen molar-refractivity contribution in [1.29, 1.82) is 0 Å². The Bertz CT molecular complexity index is 275. The number of carbonyl (C=O) groups excluding carboxylic acids is 1. The molecule has 0 amide bonds. The zero-order valence-corrected chi connectivity index (χ0v) is 8.11. The predicted octanol–water partition coefficient (Wildman–Crippen LogP) is 2.57. The van der Waals surface area contributed by atoms with E-state index in [-0.39, 0.29) is 16.7 Å². The first kappa shape index (κ1) is 8.03. The van der Waals surface area contributed by atoms with Gasteiger partial charge in [0.15, 0.2) is 5.78 Å². The zero-order chi connectivity index (χ0) is 9.15. The average Bonchev–Trinajstić information content (AvgIpc) is 2.26. The van der Waals surface area contributed by atoms with Crippen LogP contribution in [0.3, 0.4) is 0 Å². The monoisotopic (exact) mass is 164 g/mol. The van der Waals surface area contributed by atoms with E-state index in [1.54, 1.807) is 0 Å². The molecular weight excluding hydrogens is 148 g/mol. The lowest BCUT2D eigenvalue weighted by molar-refractivity contribution is -0.119. The molecule has 2 aliphatic rings. The van der Waals surface area contributed by atoms with E-state index in [1.807, 2.05) is 0 Å². The van der Waals surface area contributed by atoms with Crippen molar-refractivity contribution < 1.29 is 4.79 Å².